The van der Waals surface area contributed by atoms with Crippen LogP contribution in [0.15, 0.2) is 24.3 Å². The molecule has 0 aliphatic heterocycles. The van der Waals surface area contributed by atoms with Crippen LogP contribution in [0.4, 0.5) is 0 Å². The first-order valence-corrected chi connectivity index (χ1v) is 5.82. The van der Waals surface area contributed by atoms with Gasteiger partial charge in [-0.05, 0) is 26.0 Å². The van der Waals surface area contributed by atoms with Crippen LogP contribution in [0, 0.1) is 12.3 Å². The van der Waals surface area contributed by atoms with E-state index in [1.54, 1.807) is 0 Å². The molecule has 0 saturated carbocycles. The molecule has 0 aromatic heterocycles. The van der Waals surface area contributed by atoms with E-state index in [2.05, 4.69) is 11.2 Å². The summed E-state index contributed by atoms with van der Waals surface area (Å²) in [6, 6.07) is 7.72. The lowest BCUT2D eigenvalue weighted by molar-refractivity contribution is 0.275. The number of rotatable bonds is 7. The highest BCUT2D eigenvalue weighted by Gasteiger charge is 2.03. The highest BCUT2D eigenvalue weighted by atomic mass is 16.5. The third-order valence-corrected chi connectivity index (χ3v) is 2.21. The predicted octanol–water partition coefficient (Wildman–Crippen LogP) is 2.08. The third kappa shape index (κ3) is 4.80. The monoisotopic (exact) mass is 233 g/mol. The highest BCUT2D eigenvalue weighted by Crippen LogP contribution is 2.25. The molecule has 0 radical (unpaired) electrons. The lowest BCUT2D eigenvalue weighted by Crippen LogP contribution is -2.28. The van der Waals surface area contributed by atoms with Crippen LogP contribution in [-0.2, 0) is 0 Å². The van der Waals surface area contributed by atoms with Gasteiger partial charge in [0.1, 0.15) is 6.61 Å². The fraction of sp³-hybridized carbons (Fsp3) is 0.429. The maximum Gasteiger partial charge on any atom is 0.161 e. The molecule has 0 fully saturated rings. The molecule has 1 aromatic rings. The molecule has 1 aromatic carbocycles. The van der Waals surface area contributed by atoms with Crippen LogP contribution >= 0.6 is 0 Å². The summed E-state index contributed by atoms with van der Waals surface area (Å²) in [5.74, 6) is 4.15. The highest BCUT2D eigenvalue weighted by molar-refractivity contribution is 5.39. The van der Waals surface area contributed by atoms with E-state index in [1.165, 1.54) is 0 Å². The molecular formula is C14H19NO2. The van der Waals surface area contributed by atoms with Crippen molar-refractivity contribution in [3.05, 3.63) is 24.3 Å². The van der Waals surface area contributed by atoms with Crippen LogP contribution in [0.25, 0.3) is 0 Å². The second-order valence-corrected chi connectivity index (χ2v) is 3.57. The molecule has 17 heavy (non-hydrogen) atoms. The van der Waals surface area contributed by atoms with Gasteiger partial charge in [0.15, 0.2) is 11.5 Å². The number of hydrogen-bond acceptors (Lipinski definition) is 3. The molecule has 0 heterocycles. The van der Waals surface area contributed by atoms with Gasteiger partial charge in [0.25, 0.3) is 0 Å². The lowest BCUT2D eigenvalue weighted by Gasteiger charge is -2.12. The van der Waals surface area contributed by atoms with Crippen LogP contribution in [0.2, 0.25) is 0 Å². The molecule has 3 heteroatoms. The Labute approximate surface area is 103 Å². The van der Waals surface area contributed by atoms with Gasteiger partial charge in [0, 0.05) is 6.54 Å². The van der Waals surface area contributed by atoms with Gasteiger partial charge in [-0.25, -0.2) is 0 Å². The predicted molar refractivity (Wildman–Crippen MR) is 69.4 cm³/mol. The molecule has 92 valence electrons. The van der Waals surface area contributed by atoms with Crippen LogP contribution < -0.4 is 14.8 Å². The van der Waals surface area contributed by atoms with Gasteiger partial charge in [-0.3, -0.25) is 0 Å². The standard InChI is InChI=1S/C14H19NO2/c1-4-12(3)15-10-11-17-14-9-7-6-8-13(14)16-5-2/h1,6-9,12,15H,5,10-11H2,2-3H3. The van der Waals surface area contributed by atoms with Crippen LogP contribution in [0.3, 0.4) is 0 Å². The fourth-order valence-corrected chi connectivity index (χ4v) is 1.34. The Balaban J connectivity index is 2.38. The fourth-order valence-electron chi connectivity index (χ4n) is 1.34. The summed E-state index contributed by atoms with van der Waals surface area (Å²) in [6.07, 6.45) is 5.26. The zero-order valence-electron chi connectivity index (χ0n) is 10.4. The first-order chi connectivity index (χ1) is 8.27. The minimum Gasteiger partial charge on any atom is -0.490 e. The van der Waals surface area contributed by atoms with Crippen LogP contribution in [0.5, 0.6) is 11.5 Å². The molecule has 1 atom stereocenters. The summed E-state index contributed by atoms with van der Waals surface area (Å²) in [5.41, 5.74) is 0. The summed E-state index contributed by atoms with van der Waals surface area (Å²) in [5, 5.41) is 3.15. The van der Waals surface area contributed by atoms with Gasteiger partial charge in [0.05, 0.1) is 12.6 Å². The second-order valence-electron chi connectivity index (χ2n) is 3.57. The van der Waals surface area contributed by atoms with Crippen molar-refractivity contribution in [1.29, 1.82) is 0 Å². The summed E-state index contributed by atoms with van der Waals surface area (Å²) >= 11 is 0. The molecule has 1 unspecified atom stereocenters. The van der Waals surface area contributed by atoms with E-state index >= 15 is 0 Å². The van der Waals surface area contributed by atoms with Gasteiger partial charge < -0.3 is 14.8 Å². The molecule has 0 amide bonds. The molecule has 0 aliphatic carbocycles. The summed E-state index contributed by atoms with van der Waals surface area (Å²) in [7, 11) is 0. The third-order valence-electron chi connectivity index (χ3n) is 2.21. The number of hydrogen-bond donors (Lipinski definition) is 1. The van der Waals surface area contributed by atoms with Crippen molar-refractivity contribution in [3.63, 3.8) is 0 Å². The Bertz CT molecular complexity index is 371. The maximum atomic E-state index is 5.63. The first kappa shape index (κ1) is 13.4. The Hall–Kier alpha value is -1.66. The Morgan fingerprint density at radius 2 is 1.94 bits per heavy atom. The van der Waals surface area contributed by atoms with Crippen molar-refractivity contribution in [2.75, 3.05) is 19.8 Å². The van der Waals surface area contributed by atoms with Gasteiger partial charge in [0.2, 0.25) is 0 Å². The van der Waals surface area contributed by atoms with E-state index in [9.17, 15) is 0 Å². The van der Waals surface area contributed by atoms with Crippen molar-refractivity contribution in [2.45, 2.75) is 19.9 Å². The molecule has 1 rings (SSSR count). The molecule has 0 bridgehead atoms. The van der Waals surface area contributed by atoms with E-state index in [0.717, 1.165) is 11.5 Å². The summed E-state index contributed by atoms with van der Waals surface area (Å²) in [4.78, 5) is 0. The van der Waals surface area contributed by atoms with Crippen molar-refractivity contribution >= 4 is 0 Å². The zero-order valence-corrected chi connectivity index (χ0v) is 10.4. The van der Waals surface area contributed by atoms with Crippen molar-refractivity contribution in [3.8, 4) is 23.8 Å². The van der Waals surface area contributed by atoms with Crippen molar-refractivity contribution in [1.82, 2.24) is 5.32 Å². The van der Waals surface area contributed by atoms with E-state index in [4.69, 9.17) is 15.9 Å². The Morgan fingerprint density at radius 3 is 2.53 bits per heavy atom. The van der Waals surface area contributed by atoms with Crippen molar-refractivity contribution in [2.24, 2.45) is 0 Å². The number of benzene rings is 1. The van der Waals surface area contributed by atoms with E-state index in [1.807, 2.05) is 38.1 Å². The molecule has 1 N–H and O–H groups in total. The van der Waals surface area contributed by atoms with Crippen molar-refractivity contribution < 1.29 is 9.47 Å². The minimum absolute atomic E-state index is 0.0701. The summed E-state index contributed by atoms with van der Waals surface area (Å²) < 4.78 is 11.1. The molecular weight excluding hydrogens is 214 g/mol. The smallest absolute Gasteiger partial charge is 0.161 e. The number of terminal acetylenes is 1. The number of para-hydroxylation sites is 2. The molecule has 0 aliphatic rings. The average Bonchev–Trinajstić information content (AvgIpc) is 2.36. The Kier molecular flexibility index (Phi) is 5.98. The largest absolute Gasteiger partial charge is 0.490 e. The molecule has 0 spiro atoms. The summed E-state index contributed by atoms with van der Waals surface area (Å²) in [6.45, 7) is 5.80. The van der Waals surface area contributed by atoms with Gasteiger partial charge in [-0.2, -0.15) is 0 Å². The van der Waals surface area contributed by atoms with E-state index < -0.39 is 0 Å². The first-order valence-electron chi connectivity index (χ1n) is 5.82. The Morgan fingerprint density at radius 1 is 1.29 bits per heavy atom. The van der Waals surface area contributed by atoms with E-state index in [-0.39, 0.29) is 6.04 Å². The van der Waals surface area contributed by atoms with Crippen LogP contribution in [0.1, 0.15) is 13.8 Å². The number of ether oxygens (including phenoxy) is 2. The average molecular weight is 233 g/mol. The quantitative estimate of drug-likeness (QED) is 0.577. The van der Waals surface area contributed by atoms with E-state index in [0.29, 0.717) is 19.8 Å². The normalized spacial score (nSPS) is 11.6. The zero-order chi connectivity index (χ0) is 12.5. The molecule has 3 nitrogen and oxygen atoms in total. The lowest BCUT2D eigenvalue weighted by atomic mass is 10.3. The molecule has 0 saturated heterocycles. The van der Waals surface area contributed by atoms with Gasteiger partial charge >= 0.3 is 0 Å². The van der Waals surface area contributed by atoms with Crippen LogP contribution in [-0.4, -0.2) is 25.8 Å². The topological polar surface area (TPSA) is 30.5 Å². The number of nitrogens with one attached hydrogen (secondary N) is 1. The van der Waals surface area contributed by atoms with Gasteiger partial charge in [-0.1, -0.05) is 18.1 Å². The second kappa shape index (κ2) is 7.59. The SMILES string of the molecule is C#CC(C)NCCOc1ccccc1OCC. The van der Waals surface area contributed by atoms with Gasteiger partial charge in [-0.15, -0.1) is 6.42 Å². The minimum atomic E-state index is 0.0701. The maximum absolute atomic E-state index is 5.63.